The highest BCUT2D eigenvalue weighted by Crippen LogP contribution is 2.15. The summed E-state index contributed by atoms with van der Waals surface area (Å²) in [5.41, 5.74) is 2.63. The zero-order chi connectivity index (χ0) is 12.0. The molecule has 1 heteroatoms. The first-order valence-electron chi connectivity index (χ1n) is 5.93. The first-order valence-corrected chi connectivity index (χ1v) is 5.93. The van der Waals surface area contributed by atoms with Crippen LogP contribution < -0.4 is 5.32 Å². The lowest BCUT2D eigenvalue weighted by atomic mass is 10.0. The van der Waals surface area contributed by atoms with Gasteiger partial charge in [-0.2, -0.15) is 0 Å². The van der Waals surface area contributed by atoms with E-state index in [1.807, 2.05) is 0 Å². The highest BCUT2D eigenvalue weighted by Gasteiger charge is 2.10. The van der Waals surface area contributed by atoms with Crippen LogP contribution in [0.5, 0.6) is 0 Å². The molecule has 16 heavy (non-hydrogen) atoms. The van der Waals surface area contributed by atoms with Gasteiger partial charge in [0.25, 0.3) is 0 Å². The molecule has 0 amide bonds. The van der Waals surface area contributed by atoms with Crippen LogP contribution in [0.25, 0.3) is 0 Å². The Hall–Kier alpha value is -1.26. The van der Waals surface area contributed by atoms with E-state index in [9.17, 15) is 0 Å². The predicted octanol–water partition coefficient (Wildman–Crippen LogP) is 3.45. The van der Waals surface area contributed by atoms with E-state index in [1.165, 1.54) is 11.1 Å². The second-order valence-corrected chi connectivity index (χ2v) is 4.32. The van der Waals surface area contributed by atoms with Gasteiger partial charge in [-0.25, -0.2) is 0 Å². The van der Waals surface area contributed by atoms with Gasteiger partial charge in [0.15, 0.2) is 0 Å². The molecule has 1 rings (SSSR count). The van der Waals surface area contributed by atoms with Crippen molar-refractivity contribution in [1.29, 1.82) is 0 Å². The van der Waals surface area contributed by atoms with Gasteiger partial charge in [0.2, 0.25) is 0 Å². The Morgan fingerprint density at radius 2 is 2.19 bits per heavy atom. The minimum atomic E-state index is 0.359. The number of nitrogens with one attached hydrogen (secondary N) is 1. The average molecular weight is 215 g/mol. The van der Waals surface area contributed by atoms with E-state index in [1.54, 1.807) is 0 Å². The Morgan fingerprint density at radius 3 is 2.75 bits per heavy atom. The van der Waals surface area contributed by atoms with Crippen LogP contribution in [-0.4, -0.2) is 6.04 Å². The molecule has 2 unspecified atom stereocenters. The molecule has 2 atom stereocenters. The lowest BCUT2D eigenvalue weighted by Gasteiger charge is -2.21. The van der Waals surface area contributed by atoms with Crippen molar-refractivity contribution in [3.8, 4) is 12.3 Å². The third-order valence-electron chi connectivity index (χ3n) is 2.88. The topological polar surface area (TPSA) is 12.0 Å². The molecular weight excluding hydrogens is 194 g/mol. The molecule has 86 valence electrons. The van der Waals surface area contributed by atoms with E-state index in [0.29, 0.717) is 12.1 Å². The summed E-state index contributed by atoms with van der Waals surface area (Å²) < 4.78 is 0. The second kappa shape index (κ2) is 6.35. The van der Waals surface area contributed by atoms with Crippen molar-refractivity contribution >= 4 is 0 Å². The normalized spacial score (nSPS) is 14.1. The number of terminal acetylenes is 1. The fraction of sp³-hybridized carbons (Fsp3) is 0.467. The van der Waals surface area contributed by atoms with Crippen LogP contribution in [0.4, 0.5) is 0 Å². The SMILES string of the molecule is C#CCC(CC)NC(C)c1cccc(C)c1. The first-order chi connectivity index (χ1) is 7.67. The largest absolute Gasteiger partial charge is 0.307 e. The lowest BCUT2D eigenvalue weighted by Crippen LogP contribution is -2.30. The Morgan fingerprint density at radius 1 is 1.44 bits per heavy atom. The van der Waals surface area contributed by atoms with Gasteiger partial charge in [-0.1, -0.05) is 36.8 Å². The summed E-state index contributed by atoms with van der Waals surface area (Å²) in [5.74, 6) is 2.72. The standard InChI is InChI=1S/C15H21N/c1-5-8-15(6-2)16-13(4)14-10-7-9-12(3)11-14/h1,7,9-11,13,15-16H,6,8H2,2-4H3. The highest BCUT2D eigenvalue weighted by molar-refractivity contribution is 5.24. The summed E-state index contributed by atoms with van der Waals surface area (Å²) in [6.07, 6.45) is 7.22. The van der Waals surface area contributed by atoms with Crippen LogP contribution in [0.1, 0.15) is 43.9 Å². The third kappa shape index (κ3) is 3.72. The van der Waals surface area contributed by atoms with E-state index in [-0.39, 0.29) is 0 Å². The average Bonchev–Trinajstić information content (AvgIpc) is 2.28. The summed E-state index contributed by atoms with van der Waals surface area (Å²) in [6.45, 7) is 6.47. The number of benzene rings is 1. The molecule has 0 fully saturated rings. The molecular formula is C15H21N. The Bertz CT molecular complexity index is 362. The Labute approximate surface area is 99.3 Å². The maximum Gasteiger partial charge on any atom is 0.0294 e. The molecule has 0 heterocycles. The number of aryl methyl sites for hydroxylation is 1. The molecule has 0 spiro atoms. The molecule has 1 aromatic rings. The first kappa shape index (κ1) is 12.8. The Kier molecular flexibility index (Phi) is 5.08. The van der Waals surface area contributed by atoms with Gasteiger partial charge >= 0.3 is 0 Å². The summed E-state index contributed by atoms with van der Waals surface area (Å²) in [4.78, 5) is 0. The zero-order valence-corrected chi connectivity index (χ0v) is 10.5. The summed E-state index contributed by atoms with van der Waals surface area (Å²) >= 11 is 0. The van der Waals surface area contributed by atoms with Crippen molar-refractivity contribution < 1.29 is 0 Å². The van der Waals surface area contributed by atoms with E-state index in [4.69, 9.17) is 6.42 Å². The predicted molar refractivity (Wildman–Crippen MR) is 70.3 cm³/mol. The summed E-state index contributed by atoms with van der Waals surface area (Å²) in [6, 6.07) is 9.38. The lowest BCUT2D eigenvalue weighted by molar-refractivity contribution is 0.449. The number of hydrogen-bond acceptors (Lipinski definition) is 1. The molecule has 0 aliphatic heterocycles. The fourth-order valence-electron chi connectivity index (χ4n) is 1.85. The van der Waals surface area contributed by atoms with Gasteiger partial charge < -0.3 is 5.32 Å². The number of rotatable bonds is 5. The fourth-order valence-corrected chi connectivity index (χ4v) is 1.85. The van der Waals surface area contributed by atoms with Gasteiger partial charge in [0, 0.05) is 18.5 Å². The molecule has 0 aromatic heterocycles. The van der Waals surface area contributed by atoms with Crippen molar-refractivity contribution in [2.45, 2.75) is 45.7 Å². The molecule has 0 saturated carbocycles. The highest BCUT2D eigenvalue weighted by atomic mass is 14.9. The molecule has 0 aliphatic carbocycles. The molecule has 0 radical (unpaired) electrons. The molecule has 1 N–H and O–H groups in total. The molecule has 1 nitrogen and oxygen atoms in total. The van der Waals surface area contributed by atoms with Crippen molar-refractivity contribution in [3.05, 3.63) is 35.4 Å². The van der Waals surface area contributed by atoms with Gasteiger partial charge in [-0.3, -0.25) is 0 Å². The van der Waals surface area contributed by atoms with Crippen molar-refractivity contribution in [2.75, 3.05) is 0 Å². The van der Waals surface area contributed by atoms with E-state index >= 15 is 0 Å². The van der Waals surface area contributed by atoms with Gasteiger partial charge in [-0.15, -0.1) is 12.3 Å². The zero-order valence-electron chi connectivity index (χ0n) is 10.5. The van der Waals surface area contributed by atoms with Crippen molar-refractivity contribution in [1.82, 2.24) is 5.32 Å². The quantitative estimate of drug-likeness (QED) is 0.742. The van der Waals surface area contributed by atoms with Crippen LogP contribution in [0.3, 0.4) is 0 Å². The minimum absolute atomic E-state index is 0.359. The van der Waals surface area contributed by atoms with Crippen LogP contribution >= 0.6 is 0 Å². The third-order valence-corrected chi connectivity index (χ3v) is 2.88. The number of hydrogen-bond donors (Lipinski definition) is 1. The molecule has 0 saturated heterocycles. The van der Waals surface area contributed by atoms with Gasteiger partial charge in [-0.05, 0) is 25.8 Å². The minimum Gasteiger partial charge on any atom is -0.307 e. The van der Waals surface area contributed by atoms with Gasteiger partial charge in [0.05, 0.1) is 0 Å². The second-order valence-electron chi connectivity index (χ2n) is 4.32. The monoisotopic (exact) mass is 215 g/mol. The smallest absolute Gasteiger partial charge is 0.0294 e. The Balaban J connectivity index is 2.64. The van der Waals surface area contributed by atoms with Crippen LogP contribution in [0, 0.1) is 19.3 Å². The summed E-state index contributed by atoms with van der Waals surface area (Å²) in [7, 11) is 0. The molecule has 0 aliphatic rings. The maximum absolute atomic E-state index is 5.35. The van der Waals surface area contributed by atoms with Gasteiger partial charge in [0.1, 0.15) is 0 Å². The van der Waals surface area contributed by atoms with Crippen LogP contribution in [-0.2, 0) is 0 Å². The van der Waals surface area contributed by atoms with Crippen LogP contribution in [0.2, 0.25) is 0 Å². The molecule has 1 aromatic carbocycles. The van der Waals surface area contributed by atoms with Crippen LogP contribution in [0.15, 0.2) is 24.3 Å². The van der Waals surface area contributed by atoms with E-state index in [0.717, 1.165) is 12.8 Å². The van der Waals surface area contributed by atoms with E-state index in [2.05, 4.69) is 56.3 Å². The maximum atomic E-state index is 5.35. The van der Waals surface area contributed by atoms with E-state index < -0.39 is 0 Å². The van der Waals surface area contributed by atoms with Crippen molar-refractivity contribution in [3.63, 3.8) is 0 Å². The summed E-state index contributed by atoms with van der Waals surface area (Å²) in [5, 5.41) is 3.57. The molecule has 0 bridgehead atoms. The van der Waals surface area contributed by atoms with Crippen molar-refractivity contribution in [2.24, 2.45) is 0 Å².